The van der Waals surface area contributed by atoms with E-state index in [1.54, 1.807) is 27.7 Å². The van der Waals surface area contributed by atoms with Crippen LogP contribution in [0.3, 0.4) is 0 Å². The molecule has 1 aliphatic heterocycles. The van der Waals surface area contributed by atoms with Crippen LogP contribution in [0.1, 0.15) is 51.4 Å². The summed E-state index contributed by atoms with van der Waals surface area (Å²) in [6.07, 6.45) is 2.97. The van der Waals surface area contributed by atoms with Crippen LogP contribution in [0.25, 0.3) is 11.9 Å². The lowest BCUT2D eigenvalue weighted by Gasteiger charge is -2.37. The van der Waals surface area contributed by atoms with E-state index in [2.05, 4.69) is 29.6 Å². The lowest BCUT2D eigenvalue weighted by molar-refractivity contribution is -0.141. The quantitative estimate of drug-likeness (QED) is 0.0862. The standard InChI is InChI=1S/C32H41ClF2N4O5SSi/c1-19-25-31(5,22-14-20(16-37-26(22)35)15-23(34)24-11-10-21(33)17-36-24)38-28(45-32(19,25)27(40)42-6)39(29(41)44-30(2,3)4)18-43-12-13-46(7,8)9/h10-11,14-17,19,25H,12-13,18H2,1-9H3/b23-15-/t19-,25?,31+,32-/m0/s1. The Labute approximate surface area is 279 Å². The van der Waals surface area contributed by atoms with E-state index in [-0.39, 0.29) is 34.6 Å². The molecule has 9 nitrogen and oxygen atoms in total. The first-order chi connectivity index (χ1) is 21.3. The van der Waals surface area contributed by atoms with Crippen molar-refractivity contribution >= 4 is 60.6 Å². The molecule has 2 aliphatic rings. The molecule has 2 aromatic rings. The number of thioether (sulfide) groups is 1. The predicted molar refractivity (Wildman–Crippen MR) is 179 cm³/mol. The highest BCUT2D eigenvalue weighted by Gasteiger charge is 2.77. The number of amidine groups is 1. The number of halogens is 3. The van der Waals surface area contributed by atoms with Crippen molar-refractivity contribution in [3.63, 3.8) is 0 Å². The molecule has 3 heterocycles. The normalized spacial score (nSPS) is 24.5. The van der Waals surface area contributed by atoms with Gasteiger partial charge in [-0.3, -0.25) is 14.8 Å². The fourth-order valence-corrected chi connectivity index (χ4v) is 8.19. The Morgan fingerprint density at radius 1 is 1.20 bits per heavy atom. The number of carbonyl (C=O) groups excluding carboxylic acids is 2. The number of hydrogen-bond acceptors (Lipinski definition) is 9. The molecule has 1 amide bonds. The highest BCUT2D eigenvalue weighted by Crippen LogP contribution is 2.70. The second kappa shape index (κ2) is 13.3. The van der Waals surface area contributed by atoms with Gasteiger partial charge >= 0.3 is 12.1 Å². The summed E-state index contributed by atoms with van der Waals surface area (Å²) >= 11 is 6.97. The Morgan fingerprint density at radius 3 is 2.48 bits per heavy atom. The van der Waals surface area contributed by atoms with Crippen LogP contribution in [0.15, 0.2) is 35.6 Å². The van der Waals surface area contributed by atoms with Gasteiger partial charge in [0.25, 0.3) is 0 Å². The zero-order valence-corrected chi connectivity index (χ0v) is 30.2. The summed E-state index contributed by atoms with van der Waals surface area (Å²) in [5, 5.41) is 0.473. The highest BCUT2D eigenvalue weighted by atomic mass is 35.5. The largest absolute Gasteiger partial charge is 0.468 e. The van der Waals surface area contributed by atoms with Gasteiger partial charge in [0.2, 0.25) is 5.95 Å². The average Bonchev–Trinajstić information content (AvgIpc) is 3.58. The minimum Gasteiger partial charge on any atom is -0.468 e. The number of methoxy groups -OCH3 is 1. The fraction of sp³-hybridized carbons (Fsp3) is 0.531. The van der Waals surface area contributed by atoms with Gasteiger partial charge in [-0.1, -0.05) is 49.9 Å². The molecule has 0 spiro atoms. The third-order valence-electron chi connectivity index (χ3n) is 7.96. The lowest BCUT2D eigenvalue weighted by Crippen LogP contribution is -2.47. The Kier molecular flexibility index (Phi) is 10.4. The third kappa shape index (κ3) is 7.64. The number of hydrogen-bond donors (Lipinski definition) is 0. The van der Waals surface area contributed by atoms with Gasteiger partial charge < -0.3 is 14.2 Å². The second-order valence-corrected chi connectivity index (χ2v) is 21.2. The van der Waals surface area contributed by atoms with Crippen molar-refractivity contribution < 1.29 is 32.6 Å². The SMILES string of the molecule is COC(=O)[C@@]12SC(N(COCC[Si](C)(C)C)C(=O)OC(C)(C)C)=N[C@](C)(c3cc(/C=C(\F)c4ccc(Cl)cn4)cnc3F)C1[C@@H]2C. The lowest BCUT2D eigenvalue weighted by atomic mass is 9.85. The summed E-state index contributed by atoms with van der Waals surface area (Å²) in [7, 11) is -0.154. The molecular formula is C32H41ClF2N4O5SSi. The van der Waals surface area contributed by atoms with Crippen molar-refractivity contribution in [1.82, 2.24) is 14.9 Å². The number of esters is 1. The minimum absolute atomic E-state index is 0.0299. The second-order valence-electron chi connectivity index (χ2n) is 13.9. The van der Waals surface area contributed by atoms with Crippen molar-refractivity contribution in [3.05, 3.63) is 58.4 Å². The molecule has 0 saturated heterocycles. The molecule has 250 valence electrons. The van der Waals surface area contributed by atoms with Crippen molar-refractivity contribution in [2.75, 3.05) is 20.4 Å². The Balaban J connectivity index is 1.81. The fourth-order valence-electron chi connectivity index (χ4n) is 5.56. The average molecular weight is 695 g/mol. The van der Waals surface area contributed by atoms with Crippen molar-refractivity contribution in [2.24, 2.45) is 16.8 Å². The topological polar surface area (TPSA) is 103 Å². The van der Waals surface area contributed by atoms with E-state index in [1.165, 1.54) is 48.7 Å². The van der Waals surface area contributed by atoms with Crippen LogP contribution < -0.4 is 0 Å². The predicted octanol–water partition coefficient (Wildman–Crippen LogP) is 7.78. The maximum atomic E-state index is 15.7. The van der Waals surface area contributed by atoms with E-state index in [0.29, 0.717) is 11.6 Å². The molecule has 0 radical (unpaired) electrons. The van der Waals surface area contributed by atoms with Crippen molar-refractivity contribution in [3.8, 4) is 0 Å². The molecule has 0 bridgehead atoms. The summed E-state index contributed by atoms with van der Waals surface area (Å²) in [5.74, 6) is -2.92. The van der Waals surface area contributed by atoms with E-state index >= 15 is 8.78 Å². The first-order valence-electron chi connectivity index (χ1n) is 14.9. The van der Waals surface area contributed by atoms with Gasteiger partial charge in [0.15, 0.2) is 5.17 Å². The summed E-state index contributed by atoms with van der Waals surface area (Å²) in [6, 6.07) is 5.24. The summed E-state index contributed by atoms with van der Waals surface area (Å²) in [5.41, 5.74) is -1.94. The molecule has 1 aliphatic carbocycles. The van der Waals surface area contributed by atoms with Crippen LogP contribution in [0, 0.1) is 17.8 Å². The van der Waals surface area contributed by atoms with E-state index in [9.17, 15) is 9.59 Å². The first-order valence-corrected chi connectivity index (χ1v) is 19.8. The molecule has 4 rings (SSSR count). The number of nitrogens with zero attached hydrogens (tertiary/aromatic N) is 4. The summed E-state index contributed by atoms with van der Waals surface area (Å²) in [6.45, 7) is 15.6. The van der Waals surface area contributed by atoms with Crippen LogP contribution in [-0.4, -0.2) is 71.0 Å². The van der Waals surface area contributed by atoms with E-state index in [1.807, 2.05) is 6.92 Å². The first kappa shape index (κ1) is 36.0. The number of pyridine rings is 2. The van der Waals surface area contributed by atoms with Crippen molar-refractivity contribution in [1.29, 1.82) is 0 Å². The number of carbonyl (C=O) groups is 2. The Morgan fingerprint density at radius 2 is 1.89 bits per heavy atom. The molecule has 0 N–H and O–H groups in total. The van der Waals surface area contributed by atoms with Gasteiger partial charge in [-0.25, -0.2) is 19.1 Å². The van der Waals surface area contributed by atoms with Gasteiger partial charge in [0.05, 0.1) is 23.4 Å². The molecule has 1 fully saturated rings. The van der Waals surface area contributed by atoms with Crippen LogP contribution in [0.5, 0.6) is 0 Å². The maximum absolute atomic E-state index is 15.7. The summed E-state index contributed by atoms with van der Waals surface area (Å²) in [4.78, 5) is 41.2. The number of amides is 1. The zero-order chi connectivity index (χ0) is 34.2. The number of aromatic nitrogens is 2. The Bertz CT molecular complexity index is 1550. The summed E-state index contributed by atoms with van der Waals surface area (Å²) < 4.78 is 46.6. The van der Waals surface area contributed by atoms with Gasteiger partial charge in [-0.15, -0.1) is 0 Å². The number of aliphatic imine (C=N–C) groups is 1. The zero-order valence-electron chi connectivity index (χ0n) is 27.6. The molecule has 46 heavy (non-hydrogen) atoms. The minimum atomic E-state index is -1.44. The molecular weight excluding hydrogens is 654 g/mol. The number of rotatable bonds is 9. The number of ether oxygens (including phenoxy) is 3. The van der Waals surface area contributed by atoms with Crippen LogP contribution in [0.4, 0.5) is 13.6 Å². The van der Waals surface area contributed by atoms with Crippen LogP contribution in [0.2, 0.25) is 30.7 Å². The van der Waals surface area contributed by atoms with Gasteiger partial charge in [0.1, 0.15) is 22.9 Å². The van der Waals surface area contributed by atoms with E-state index < -0.39 is 53.7 Å². The molecule has 1 saturated carbocycles. The monoisotopic (exact) mass is 694 g/mol. The molecule has 4 atom stereocenters. The molecule has 14 heteroatoms. The van der Waals surface area contributed by atoms with E-state index in [4.69, 9.17) is 30.8 Å². The highest BCUT2D eigenvalue weighted by molar-refractivity contribution is 8.16. The molecule has 2 aromatic heterocycles. The van der Waals surface area contributed by atoms with Crippen molar-refractivity contribution in [2.45, 2.75) is 76.2 Å². The van der Waals surface area contributed by atoms with Crippen LogP contribution in [-0.2, 0) is 24.5 Å². The Hall–Kier alpha value is -2.87. The molecule has 1 unspecified atom stereocenters. The van der Waals surface area contributed by atoms with E-state index in [0.717, 1.165) is 17.8 Å². The van der Waals surface area contributed by atoms with Gasteiger partial charge in [-0.05, 0) is 69.5 Å². The smallest absolute Gasteiger partial charge is 0.418 e. The van der Waals surface area contributed by atoms with Crippen LogP contribution >= 0.6 is 23.4 Å². The van der Waals surface area contributed by atoms with Gasteiger partial charge in [0, 0.05) is 38.6 Å². The maximum Gasteiger partial charge on any atom is 0.418 e. The third-order valence-corrected chi connectivity index (χ3v) is 11.5. The number of fused-ring (bicyclic) bond motifs is 1. The van der Waals surface area contributed by atoms with Gasteiger partial charge in [-0.2, -0.15) is 4.39 Å². The molecule has 0 aromatic carbocycles.